The first-order chi connectivity index (χ1) is 13.7. The Morgan fingerprint density at radius 1 is 1.14 bits per heavy atom. The summed E-state index contributed by atoms with van der Waals surface area (Å²) in [5, 5.41) is 3.60. The van der Waals surface area contributed by atoms with Crippen LogP contribution in [0.4, 0.5) is 0 Å². The molecule has 0 aliphatic rings. The van der Waals surface area contributed by atoms with Gasteiger partial charge in [-0.15, -0.1) is 0 Å². The van der Waals surface area contributed by atoms with Crippen LogP contribution in [0.25, 0.3) is 0 Å². The lowest BCUT2D eigenvalue weighted by atomic mass is 10.0. The molecule has 0 aliphatic carbocycles. The van der Waals surface area contributed by atoms with Gasteiger partial charge >= 0.3 is 0 Å². The zero-order valence-electron chi connectivity index (χ0n) is 17.6. The fraction of sp³-hybridized carbons (Fsp3) is 0.429. The summed E-state index contributed by atoms with van der Waals surface area (Å²) in [6, 6.07) is 9.26. The fourth-order valence-electron chi connectivity index (χ4n) is 2.86. The number of hydrogen-bond donors (Lipinski definition) is 1. The molecular weight excluding hydrogens is 406 g/mol. The van der Waals surface area contributed by atoms with E-state index in [2.05, 4.69) is 36.3 Å². The molecule has 6 nitrogen and oxygen atoms in total. The van der Waals surface area contributed by atoms with E-state index in [9.17, 15) is 13.2 Å². The van der Waals surface area contributed by atoms with Crippen LogP contribution in [0.5, 0.6) is 0 Å². The van der Waals surface area contributed by atoms with Gasteiger partial charge in [0.15, 0.2) is 0 Å². The minimum Gasteiger partial charge on any atom is -0.349 e. The topological polar surface area (TPSA) is 79.4 Å². The van der Waals surface area contributed by atoms with Crippen LogP contribution >= 0.6 is 11.8 Å². The SMILES string of the molecule is CCN(CC)S(=O)(=O)c1ccc(SCC(=O)NC(C)c2ccc(C)c(C)c2)nc1. The highest BCUT2D eigenvalue weighted by atomic mass is 32.2. The van der Waals surface area contributed by atoms with Gasteiger partial charge < -0.3 is 5.32 Å². The van der Waals surface area contributed by atoms with Gasteiger partial charge in [-0.25, -0.2) is 13.4 Å². The third-order valence-electron chi connectivity index (χ3n) is 4.81. The second-order valence-electron chi connectivity index (χ2n) is 6.84. The lowest BCUT2D eigenvalue weighted by Crippen LogP contribution is -2.30. The van der Waals surface area contributed by atoms with E-state index in [4.69, 9.17) is 0 Å². The van der Waals surface area contributed by atoms with Gasteiger partial charge in [-0.05, 0) is 49.6 Å². The van der Waals surface area contributed by atoms with Crippen molar-refractivity contribution < 1.29 is 13.2 Å². The number of amides is 1. The van der Waals surface area contributed by atoms with Crippen molar-refractivity contribution in [2.24, 2.45) is 0 Å². The average molecular weight is 436 g/mol. The van der Waals surface area contributed by atoms with Gasteiger partial charge in [0.25, 0.3) is 0 Å². The van der Waals surface area contributed by atoms with Gasteiger partial charge in [0.2, 0.25) is 15.9 Å². The molecule has 1 heterocycles. The molecule has 0 aliphatic heterocycles. The van der Waals surface area contributed by atoms with Crippen LogP contribution in [0.15, 0.2) is 46.5 Å². The molecule has 1 aromatic heterocycles. The highest BCUT2D eigenvalue weighted by Crippen LogP contribution is 2.21. The third kappa shape index (κ3) is 6.04. The Hall–Kier alpha value is -1.90. The maximum atomic E-state index is 12.5. The van der Waals surface area contributed by atoms with E-state index in [0.717, 1.165) is 5.56 Å². The van der Waals surface area contributed by atoms with E-state index in [1.54, 1.807) is 26.0 Å². The largest absolute Gasteiger partial charge is 0.349 e. The van der Waals surface area contributed by atoms with Crippen molar-refractivity contribution in [3.8, 4) is 0 Å². The van der Waals surface area contributed by atoms with Gasteiger partial charge in [0.1, 0.15) is 4.90 Å². The van der Waals surface area contributed by atoms with E-state index >= 15 is 0 Å². The van der Waals surface area contributed by atoms with Crippen LogP contribution in [-0.4, -0.2) is 42.5 Å². The first-order valence-corrected chi connectivity index (χ1v) is 12.1. The molecule has 0 saturated heterocycles. The fourth-order valence-corrected chi connectivity index (χ4v) is 4.91. The number of aryl methyl sites for hydroxylation is 2. The summed E-state index contributed by atoms with van der Waals surface area (Å²) >= 11 is 1.28. The summed E-state index contributed by atoms with van der Waals surface area (Å²) < 4.78 is 26.4. The lowest BCUT2D eigenvalue weighted by molar-refractivity contribution is -0.119. The van der Waals surface area contributed by atoms with Crippen molar-refractivity contribution in [1.29, 1.82) is 0 Å². The number of hydrogen-bond acceptors (Lipinski definition) is 5. The van der Waals surface area contributed by atoms with Crippen molar-refractivity contribution in [3.63, 3.8) is 0 Å². The summed E-state index contributed by atoms with van der Waals surface area (Å²) in [6.07, 6.45) is 1.35. The van der Waals surface area contributed by atoms with Crippen molar-refractivity contribution in [1.82, 2.24) is 14.6 Å². The number of aromatic nitrogens is 1. The minimum absolute atomic E-state index is 0.0862. The Kier molecular flexibility index (Phi) is 8.24. The minimum atomic E-state index is -3.52. The summed E-state index contributed by atoms with van der Waals surface area (Å²) in [4.78, 5) is 16.7. The standard InChI is InChI=1S/C21H29N3O3S2/c1-6-24(7-2)29(26,27)19-10-11-21(22-13-19)28-14-20(25)23-17(5)18-9-8-15(3)16(4)12-18/h8-13,17H,6-7,14H2,1-5H3,(H,23,25). The van der Waals surface area contributed by atoms with Gasteiger partial charge in [-0.3, -0.25) is 4.79 Å². The number of pyridine rings is 1. The monoisotopic (exact) mass is 435 g/mol. The molecule has 1 aromatic carbocycles. The summed E-state index contributed by atoms with van der Waals surface area (Å²) in [7, 11) is -3.52. The molecule has 2 rings (SSSR count). The molecule has 0 saturated carbocycles. The zero-order valence-corrected chi connectivity index (χ0v) is 19.2. The normalized spacial score (nSPS) is 12.8. The first kappa shape index (κ1) is 23.4. The van der Waals surface area contributed by atoms with Gasteiger partial charge in [-0.1, -0.05) is 43.8 Å². The van der Waals surface area contributed by atoms with E-state index in [-0.39, 0.29) is 22.6 Å². The highest BCUT2D eigenvalue weighted by molar-refractivity contribution is 7.99. The van der Waals surface area contributed by atoms with Gasteiger partial charge in [0, 0.05) is 19.3 Å². The van der Waals surface area contributed by atoms with Crippen LogP contribution in [0, 0.1) is 13.8 Å². The maximum Gasteiger partial charge on any atom is 0.244 e. The van der Waals surface area contributed by atoms with Crippen LogP contribution in [0.2, 0.25) is 0 Å². The van der Waals surface area contributed by atoms with E-state index in [0.29, 0.717) is 18.1 Å². The number of nitrogens with one attached hydrogen (secondary N) is 1. The predicted octanol–water partition coefficient (Wildman–Crippen LogP) is 3.70. The molecule has 29 heavy (non-hydrogen) atoms. The smallest absolute Gasteiger partial charge is 0.244 e. The molecule has 1 N–H and O–H groups in total. The number of rotatable bonds is 9. The Morgan fingerprint density at radius 2 is 1.83 bits per heavy atom. The van der Waals surface area contributed by atoms with E-state index in [1.807, 2.05) is 13.0 Å². The Balaban J connectivity index is 1.94. The second kappa shape index (κ2) is 10.2. The molecule has 0 bridgehead atoms. The quantitative estimate of drug-likeness (QED) is 0.608. The zero-order chi connectivity index (χ0) is 21.6. The van der Waals surface area contributed by atoms with Crippen LogP contribution < -0.4 is 5.32 Å². The molecule has 0 radical (unpaired) electrons. The predicted molar refractivity (Wildman–Crippen MR) is 118 cm³/mol. The summed E-state index contributed by atoms with van der Waals surface area (Å²) in [5.41, 5.74) is 3.48. The second-order valence-corrected chi connectivity index (χ2v) is 9.78. The molecule has 158 valence electrons. The third-order valence-corrected chi connectivity index (χ3v) is 7.79. The van der Waals surface area contributed by atoms with Crippen molar-refractivity contribution >= 4 is 27.7 Å². The summed E-state index contributed by atoms with van der Waals surface area (Å²) in [6.45, 7) is 10.5. The van der Waals surface area contributed by atoms with E-state index in [1.165, 1.54) is 33.4 Å². The Morgan fingerprint density at radius 3 is 2.38 bits per heavy atom. The number of thioether (sulfide) groups is 1. The number of carbonyl (C=O) groups excluding carboxylic acids is 1. The number of sulfonamides is 1. The Labute approximate surface area is 178 Å². The van der Waals surface area contributed by atoms with E-state index < -0.39 is 10.0 Å². The molecule has 1 amide bonds. The number of carbonyl (C=O) groups is 1. The first-order valence-electron chi connectivity index (χ1n) is 9.64. The van der Waals surface area contributed by atoms with Gasteiger partial charge in [0.05, 0.1) is 16.8 Å². The van der Waals surface area contributed by atoms with Gasteiger partial charge in [-0.2, -0.15) is 4.31 Å². The maximum absolute atomic E-state index is 12.5. The van der Waals surface area contributed by atoms with Crippen molar-refractivity contribution in [2.45, 2.75) is 50.6 Å². The molecule has 0 fully saturated rings. The molecule has 1 atom stereocenters. The van der Waals surface area contributed by atoms with Crippen LogP contribution in [-0.2, 0) is 14.8 Å². The average Bonchev–Trinajstić information content (AvgIpc) is 2.69. The molecule has 8 heteroatoms. The molecule has 0 spiro atoms. The van der Waals surface area contributed by atoms with Crippen molar-refractivity contribution in [2.75, 3.05) is 18.8 Å². The molecular formula is C21H29N3O3S2. The number of nitrogens with zero attached hydrogens (tertiary/aromatic N) is 2. The van der Waals surface area contributed by atoms with Crippen molar-refractivity contribution in [3.05, 3.63) is 53.2 Å². The van der Waals surface area contributed by atoms with Crippen LogP contribution in [0.3, 0.4) is 0 Å². The lowest BCUT2D eigenvalue weighted by Gasteiger charge is -2.18. The molecule has 2 aromatic rings. The van der Waals surface area contributed by atoms with Crippen LogP contribution in [0.1, 0.15) is 43.5 Å². The Bertz CT molecular complexity index is 940. The highest BCUT2D eigenvalue weighted by Gasteiger charge is 2.21. The summed E-state index contributed by atoms with van der Waals surface area (Å²) in [5.74, 6) is 0.118. The number of benzene rings is 1. The molecule has 1 unspecified atom stereocenters.